The van der Waals surface area contributed by atoms with Crippen LogP contribution in [-0.4, -0.2) is 28.0 Å². The molecule has 0 unspecified atom stereocenters. The molecule has 3 aromatic carbocycles. The van der Waals surface area contributed by atoms with Crippen LogP contribution in [0.3, 0.4) is 0 Å². The second kappa shape index (κ2) is 9.76. The van der Waals surface area contributed by atoms with E-state index >= 15 is 0 Å². The lowest BCUT2D eigenvalue weighted by atomic mass is 10.2. The second-order valence-electron chi connectivity index (χ2n) is 7.62. The molecule has 3 rings (SSSR count). The number of amides is 1. The van der Waals surface area contributed by atoms with Crippen LogP contribution in [0.15, 0.2) is 71.6 Å². The Bertz CT molecular complexity index is 1270. The average molecular weight is 493 g/mol. The van der Waals surface area contributed by atoms with E-state index in [9.17, 15) is 26.4 Å². The average Bonchev–Trinajstić information content (AvgIpc) is 2.77. The zero-order chi connectivity index (χ0) is 25.1. The van der Waals surface area contributed by atoms with Gasteiger partial charge in [0.1, 0.15) is 12.3 Å². The van der Waals surface area contributed by atoms with Crippen LogP contribution in [-0.2, 0) is 21.0 Å². The van der Waals surface area contributed by atoms with Crippen molar-refractivity contribution in [3.05, 3.63) is 83.4 Å². The number of nitrogens with zero attached hydrogens (tertiary/aromatic N) is 1. The number of halogens is 3. The Kier molecular flexibility index (Phi) is 7.21. The molecule has 0 saturated carbocycles. The lowest BCUT2D eigenvalue weighted by molar-refractivity contribution is -0.137. The summed E-state index contributed by atoms with van der Waals surface area (Å²) in [5.41, 5.74) is 0.993. The molecule has 6 nitrogen and oxygen atoms in total. The summed E-state index contributed by atoms with van der Waals surface area (Å²) in [5, 5.41) is 2.45. The number of hydrogen-bond acceptors (Lipinski definition) is 4. The summed E-state index contributed by atoms with van der Waals surface area (Å²) in [6, 6.07) is 14.9. The van der Waals surface area contributed by atoms with Crippen molar-refractivity contribution in [2.45, 2.75) is 24.9 Å². The first-order valence-electron chi connectivity index (χ1n) is 10.1. The quantitative estimate of drug-likeness (QED) is 0.494. The van der Waals surface area contributed by atoms with Crippen LogP contribution in [0.5, 0.6) is 5.75 Å². The molecule has 0 radical (unpaired) electrons. The fourth-order valence-electron chi connectivity index (χ4n) is 3.21. The van der Waals surface area contributed by atoms with Gasteiger partial charge in [-0.15, -0.1) is 0 Å². The minimum atomic E-state index is -4.51. The molecule has 0 bridgehead atoms. The Hall–Kier alpha value is -3.53. The number of nitrogens with one attached hydrogen (secondary N) is 1. The van der Waals surface area contributed by atoms with E-state index in [0.29, 0.717) is 0 Å². The molecule has 0 saturated heterocycles. The van der Waals surface area contributed by atoms with Gasteiger partial charge in [0.15, 0.2) is 0 Å². The Morgan fingerprint density at radius 3 is 2.09 bits per heavy atom. The lowest BCUT2D eigenvalue weighted by Gasteiger charge is -2.26. The van der Waals surface area contributed by atoms with E-state index < -0.39 is 34.2 Å². The van der Waals surface area contributed by atoms with E-state index in [1.165, 1.54) is 19.2 Å². The number of ether oxygens (including phenoxy) is 1. The highest BCUT2D eigenvalue weighted by Crippen LogP contribution is 2.34. The summed E-state index contributed by atoms with van der Waals surface area (Å²) in [7, 11) is -2.81. The molecule has 0 fully saturated rings. The van der Waals surface area contributed by atoms with Crippen LogP contribution in [0.25, 0.3) is 0 Å². The molecule has 10 heteroatoms. The third kappa shape index (κ3) is 5.69. The number of carbonyl (C=O) groups is 1. The van der Waals surface area contributed by atoms with Gasteiger partial charge in [0.25, 0.3) is 10.0 Å². The SMILES string of the molecule is COc1ccc(C)cc1N(CC(=O)Nc1ccc(C(F)(F)F)cc1)S(=O)(=O)c1ccc(C)cc1. The molecule has 0 aliphatic carbocycles. The Morgan fingerprint density at radius 1 is 0.941 bits per heavy atom. The molecule has 0 aromatic heterocycles. The third-order valence-corrected chi connectivity index (χ3v) is 6.77. The number of sulfonamides is 1. The Labute approximate surface area is 196 Å². The molecule has 0 heterocycles. The molecule has 0 atom stereocenters. The molecule has 180 valence electrons. The predicted octanol–water partition coefficient (Wildman–Crippen LogP) is 5.16. The van der Waals surface area contributed by atoms with Crippen LogP contribution in [0.2, 0.25) is 0 Å². The number of carbonyl (C=O) groups excluding carboxylic acids is 1. The summed E-state index contributed by atoms with van der Waals surface area (Å²) < 4.78 is 71.7. The van der Waals surface area contributed by atoms with Crippen molar-refractivity contribution in [1.82, 2.24) is 0 Å². The molecule has 1 N–H and O–H groups in total. The van der Waals surface area contributed by atoms with Crippen LogP contribution >= 0.6 is 0 Å². The third-order valence-electron chi connectivity index (χ3n) is 5.00. The number of anilines is 2. The fraction of sp³-hybridized carbons (Fsp3) is 0.208. The number of hydrogen-bond donors (Lipinski definition) is 1. The van der Waals surface area contributed by atoms with Gasteiger partial charge in [-0.05, 0) is 67.9 Å². The highest BCUT2D eigenvalue weighted by atomic mass is 32.2. The van der Waals surface area contributed by atoms with Gasteiger partial charge < -0.3 is 10.1 Å². The fourth-order valence-corrected chi connectivity index (χ4v) is 4.63. The monoisotopic (exact) mass is 492 g/mol. The maximum atomic E-state index is 13.5. The number of benzene rings is 3. The van der Waals surface area contributed by atoms with Crippen molar-refractivity contribution in [2.24, 2.45) is 0 Å². The van der Waals surface area contributed by atoms with Crippen molar-refractivity contribution >= 4 is 27.3 Å². The molecule has 1 amide bonds. The summed E-state index contributed by atoms with van der Waals surface area (Å²) in [5.74, 6) is -0.498. The first-order chi connectivity index (χ1) is 15.9. The van der Waals surface area contributed by atoms with E-state index in [0.717, 1.165) is 39.7 Å². The van der Waals surface area contributed by atoms with E-state index in [1.54, 1.807) is 37.3 Å². The van der Waals surface area contributed by atoms with E-state index in [1.807, 2.05) is 6.92 Å². The Balaban J connectivity index is 1.97. The van der Waals surface area contributed by atoms with Crippen molar-refractivity contribution in [3.63, 3.8) is 0 Å². The van der Waals surface area contributed by atoms with E-state index in [-0.39, 0.29) is 22.0 Å². The summed E-state index contributed by atoms with van der Waals surface area (Å²) in [4.78, 5) is 12.8. The van der Waals surface area contributed by atoms with Crippen LogP contribution in [0.4, 0.5) is 24.5 Å². The van der Waals surface area contributed by atoms with Gasteiger partial charge >= 0.3 is 6.18 Å². The van der Waals surface area contributed by atoms with Gasteiger partial charge in [-0.25, -0.2) is 8.42 Å². The molecule has 3 aromatic rings. The lowest BCUT2D eigenvalue weighted by Crippen LogP contribution is -2.38. The summed E-state index contributed by atoms with van der Waals surface area (Å²) >= 11 is 0. The standard InChI is InChI=1S/C24H23F3N2O4S/c1-16-4-11-20(12-5-16)34(31,32)29(21-14-17(2)6-13-22(21)33-3)15-23(30)28-19-9-7-18(8-10-19)24(25,26)27/h4-14H,15H2,1-3H3,(H,28,30). The first kappa shape index (κ1) is 25.1. The van der Waals surface area contributed by atoms with E-state index in [4.69, 9.17) is 4.74 Å². The smallest absolute Gasteiger partial charge is 0.416 e. The number of rotatable bonds is 7. The van der Waals surface area contributed by atoms with Gasteiger partial charge in [-0.2, -0.15) is 13.2 Å². The normalized spacial score (nSPS) is 11.7. The van der Waals surface area contributed by atoms with Gasteiger partial charge in [-0.1, -0.05) is 23.8 Å². The van der Waals surface area contributed by atoms with Gasteiger partial charge in [0.05, 0.1) is 23.3 Å². The predicted molar refractivity (Wildman–Crippen MR) is 124 cm³/mol. The second-order valence-corrected chi connectivity index (χ2v) is 9.49. The molecular weight excluding hydrogens is 469 g/mol. The van der Waals surface area contributed by atoms with E-state index in [2.05, 4.69) is 5.32 Å². The molecule has 0 aliphatic rings. The van der Waals surface area contributed by atoms with Crippen molar-refractivity contribution in [1.29, 1.82) is 0 Å². The largest absolute Gasteiger partial charge is 0.495 e. The number of aryl methyl sites for hydroxylation is 2. The molecular formula is C24H23F3N2O4S. The Morgan fingerprint density at radius 2 is 1.53 bits per heavy atom. The van der Waals surface area contributed by atoms with Crippen molar-refractivity contribution < 1.29 is 31.1 Å². The summed E-state index contributed by atoms with van der Waals surface area (Å²) in [6.45, 7) is 2.95. The number of alkyl halides is 3. The summed E-state index contributed by atoms with van der Waals surface area (Å²) in [6.07, 6.45) is -4.51. The number of methoxy groups -OCH3 is 1. The highest BCUT2D eigenvalue weighted by Gasteiger charge is 2.31. The van der Waals surface area contributed by atoms with Crippen molar-refractivity contribution in [2.75, 3.05) is 23.3 Å². The maximum Gasteiger partial charge on any atom is 0.416 e. The van der Waals surface area contributed by atoms with Crippen molar-refractivity contribution in [3.8, 4) is 5.75 Å². The van der Waals surface area contributed by atoms with Crippen LogP contribution < -0.4 is 14.4 Å². The molecule has 0 spiro atoms. The minimum absolute atomic E-state index is 0.0241. The van der Waals surface area contributed by atoms with Crippen LogP contribution in [0, 0.1) is 13.8 Å². The van der Waals surface area contributed by atoms with Crippen LogP contribution in [0.1, 0.15) is 16.7 Å². The zero-order valence-corrected chi connectivity index (χ0v) is 19.5. The molecule has 0 aliphatic heterocycles. The topological polar surface area (TPSA) is 75.7 Å². The first-order valence-corrected chi connectivity index (χ1v) is 11.6. The maximum absolute atomic E-state index is 13.5. The van der Waals surface area contributed by atoms with Gasteiger partial charge in [-0.3, -0.25) is 9.10 Å². The molecule has 34 heavy (non-hydrogen) atoms. The minimum Gasteiger partial charge on any atom is -0.495 e. The van der Waals surface area contributed by atoms with Gasteiger partial charge in [0, 0.05) is 5.69 Å². The zero-order valence-electron chi connectivity index (χ0n) is 18.7. The van der Waals surface area contributed by atoms with Gasteiger partial charge in [0.2, 0.25) is 5.91 Å². The highest BCUT2D eigenvalue weighted by molar-refractivity contribution is 7.92.